The molecule has 0 spiro atoms. The van der Waals surface area contributed by atoms with E-state index in [1.165, 1.54) is 18.2 Å². The van der Waals surface area contributed by atoms with E-state index in [2.05, 4.69) is 5.32 Å². The number of carboxylic acids is 1. The van der Waals surface area contributed by atoms with Crippen LogP contribution in [0.1, 0.15) is 38.5 Å². The standard InChI is InChI=1S/C17H22N2O6/c20-16(11-25-15-10-6-5-9-14(15)19(23)24)18-13-8-4-2-1-3-7-12(13)17(21)22/h5-6,9-10,12-13H,1-4,7-8,11H2,(H,18,20)(H,21,22). The predicted molar refractivity (Wildman–Crippen MR) is 89.3 cm³/mol. The molecule has 136 valence electrons. The molecule has 1 fully saturated rings. The molecule has 2 unspecified atom stereocenters. The van der Waals surface area contributed by atoms with Crippen molar-refractivity contribution in [2.75, 3.05) is 6.61 Å². The van der Waals surface area contributed by atoms with Gasteiger partial charge in [0.25, 0.3) is 5.91 Å². The minimum atomic E-state index is -0.910. The van der Waals surface area contributed by atoms with Gasteiger partial charge in [-0.2, -0.15) is 0 Å². The number of aliphatic carboxylic acids is 1. The first kappa shape index (κ1) is 18.7. The third kappa shape index (κ3) is 5.44. The fraction of sp³-hybridized carbons (Fsp3) is 0.529. The molecule has 1 aromatic rings. The predicted octanol–water partition coefficient (Wildman–Crippen LogP) is 2.51. The van der Waals surface area contributed by atoms with Gasteiger partial charge in [-0.05, 0) is 18.9 Å². The highest BCUT2D eigenvalue weighted by Crippen LogP contribution is 2.26. The number of rotatable bonds is 6. The number of para-hydroxylation sites is 2. The van der Waals surface area contributed by atoms with Crippen LogP contribution in [0.4, 0.5) is 5.69 Å². The molecule has 2 rings (SSSR count). The van der Waals surface area contributed by atoms with Gasteiger partial charge in [-0.25, -0.2) is 0 Å². The SMILES string of the molecule is O=C(COc1ccccc1[N+](=O)[O-])NC1CCCCCCC1C(=O)O. The topological polar surface area (TPSA) is 119 Å². The summed E-state index contributed by atoms with van der Waals surface area (Å²) in [4.78, 5) is 33.9. The van der Waals surface area contributed by atoms with Crippen molar-refractivity contribution in [3.63, 3.8) is 0 Å². The van der Waals surface area contributed by atoms with Crippen molar-refractivity contribution >= 4 is 17.6 Å². The normalized spacial score (nSPS) is 20.8. The summed E-state index contributed by atoms with van der Waals surface area (Å²) in [5.74, 6) is -1.99. The molecule has 0 aromatic heterocycles. The van der Waals surface area contributed by atoms with E-state index < -0.39 is 35.4 Å². The first-order valence-corrected chi connectivity index (χ1v) is 8.37. The Morgan fingerprint density at radius 1 is 1.20 bits per heavy atom. The van der Waals surface area contributed by atoms with Crippen molar-refractivity contribution in [3.8, 4) is 5.75 Å². The molecular formula is C17H22N2O6. The fourth-order valence-corrected chi connectivity index (χ4v) is 3.07. The lowest BCUT2D eigenvalue weighted by Gasteiger charge is -2.27. The molecule has 0 saturated heterocycles. The maximum atomic E-state index is 12.1. The minimum absolute atomic E-state index is 0.00935. The third-order valence-corrected chi connectivity index (χ3v) is 4.35. The summed E-state index contributed by atoms with van der Waals surface area (Å²) in [6, 6.07) is 5.36. The van der Waals surface area contributed by atoms with Crippen molar-refractivity contribution in [1.82, 2.24) is 5.32 Å². The number of ether oxygens (including phenoxy) is 1. The first-order chi connectivity index (χ1) is 12.0. The number of carbonyl (C=O) groups is 2. The monoisotopic (exact) mass is 350 g/mol. The molecule has 0 bridgehead atoms. The Kier molecular flexibility index (Phi) is 6.73. The number of carboxylic acid groups (broad SMARTS) is 1. The molecule has 0 aliphatic heterocycles. The van der Waals surface area contributed by atoms with Crippen LogP contribution in [0.2, 0.25) is 0 Å². The summed E-state index contributed by atoms with van der Waals surface area (Å²) < 4.78 is 5.25. The van der Waals surface area contributed by atoms with Crippen LogP contribution < -0.4 is 10.1 Å². The maximum Gasteiger partial charge on any atom is 0.310 e. The fourth-order valence-electron chi connectivity index (χ4n) is 3.07. The molecular weight excluding hydrogens is 328 g/mol. The zero-order chi connectivity index (χ0) is 18.2. The van der Waals surface area contributed by atoms with Crippen LogP contribution in [0, 0.1) is 16.0 Å². The van der Waals surface area contributed by atoms with E-state index in [1.807, 2.05) is 0 Å². The highest BCUT2D eigenvalue weighted by Gasteiger charge is 2.30. The van der Waals surface area contributed by atoms with Gasteiger partial charge in [-0.15, -0.1) is 0 Å². The van der Waals surface area contributed by atoms with Crippen molar-refractivity contribution in [1.29, 1.82) is 0 Å². The van der Waals surface area contributed by atoms with Crippen LogP contribution >= 0.6 is 0 Å². The Labute approximate surface area is 145 Å². The lowest BCUT2D eigenvalue weighted by Crippen LogP contribution is -2.45. The zero-order valence-corrected chi connectivity index (χ0v) is 13.8. The number of hydrogen-bond donors (Lipinski definition) is 2. The smallest absolute Gasteiger partial charge is 0.310 e. The quantitative estimate of drug-likeness (QED) is 0.601. The van der Waals surface area contributed by atoms with Crippen LogP contribution in [0.3, 0.4) is 0 Å². The number of nitrogens with one attached hydrogen (secondary N) is 1. The lowest BCUT2D eigenvalue weighted by molar-refractivity contribution is -0.385. The second-order valence-corrected chi connectivity index (χ2v) is 6.12. The molecule has 8 heteroatoms. The van der Waals surface area contributed by atoms with Crippen LogP contribution in [-0.4, -0.2) is 34.6 Å². The van der Waals surface area contributed by atoms with Crippen LogP contribution in [-0.2, 0) is 9.59 Å². The molecule has 1 aliphatic rings. The van der Waals surface area contributed by atoms with Gasteiger partial charge in [0.15, 0.2) is 12.4 Å². The van der Waals surface area contributed by atoms with E-state index in [4.69, 9.17) is 4.74 Å². The van der Waals surface area contributed by atoms with E-state index in [1.54, 1.807) is 6.07 Å². The lowest BCUT2D eigenvalue weighted by atomic mass is 9.87. The second kappa shape index (κ2) is 9.00. The van der Waals surface area contributed by atoms with Gasteiger partial charge in [-0.3, -0.25) is 19.7 Å². The largest absolute Gasteiger partial charge is 0.481 e. The van der Waals surface area contributed by atoms with Crippen LogP contribution in [0.25, 0.3) is 0 Å². The first-order valence-electron chi connectivity index (χ1n) is 8.37. The Morgan fingerprint density at radius 3 is 2.56 bits per heavy atom. The molecule has 1 saturated carbocycles. The minimum Gasteiger partial charge on any atom is -0.481 e. The van der Waals surface area contributed by atoms with E-state index >= 15 is 0 Å². The molecule has 25 heavy (non-hydrogen) atoms. The van der Waals surface area contributed by atoms with Crippen LogP contribution in [0.15, 0.2) is 24.3 Å². The Hall–Kier alpha value is -2.64. The number of hydrogen-bond acceptors (Lipinski definition) is 5. The number of amides is 1. The highest BCUT2D eigenvalue weighted by atomic mass is 16.6. The average Bonchev–Trinajstić information content (AvgIpc) is 2.55. The maximum absolute atomic E-state index is 12.1. The molecule has 0 heterocycles. The zero-order valence-electron chi connectivity index (χ0n) is 13.8. The van der Waals surface area contributed by atoms with Gasteiger partial charge in [0.05, 0.1) is 10.8 Å². The number of nitrogens with zero attached hydrogens (tertiary/aromatic N) is 1. The van der Waals surface area contributed by atoms with Crippen molar-refractivity contribution in [3.05, 3.63) is 34.4 Å². The van der Waals surface area contributed by atoms with Gasteiger partial charge >= 0.3 is 11.7 Å². The summed E-state index contributed by atoms with van der Waals surface area (Å²) in [5, 5.41) is 23.0. The number of benzene rings is 1. The average molecular weight is 350 g/mol. The van der Waals surface area contributed by atoms with Crippen molar-refractivity contribution in [2.45, 2.75) is 44.6 Å². The Bertz CT molecular complexity index is 633. The molecule has 2 atom stereocenters. The Balaban J connectivity index is 1.96. The number of nitro benzene ring substituents is 1. The molecule has 1 aromatic carbocycles. The van der Waals surface area contributed by atoms with E-state index in [9.17, 15) is 24.8 Å². The summed E-state index contributed by atoms with van der Waals surface area (Å²) in [5.41, 5.74) is -0.218. The van der Waals surface area contributed by atoms with E-state index in [0.717, 1.165) is 25.7 Å². The summed E-state index contributed by atoms with van der Waals surface area (Å²) >= 11 is 0. The molecule has 0 radical (unpaired) electrons. The molecule has 2 N–H and O–H groups in total. The molecule has 1 aliphatic carbocycles. The van der Waals surface area contributed by atoms with Gasteiger partial charge in [0, 0.05) is 12.1 Å². The third-order valence-electron chi connectivity index (χ3n) is 4.35. The van der Waals surface area contributed by atoms with Gasteiger partial charge in [0.2, 0.25) is 0 Å². The van der Waals surface area contributed by atoms with Crippen LogP contribution in [0.5, 0.6) is 5.75 Å². The molecule has 8 nitrogen and oxygen atoms in total. The van der Waals surface area contributed by atoms with Gasteiger partial charge in [0.1, 0.15) is 0 Å². The van der Waals surface area contributed by atoms with Gasteiger partial charge < -0.3 is 15.2 Å². The number of carbonyl (C=O) groups excluding carboxylic acids is 1. The summed E-state index contributed by atoms with van der Waals surface area (Å²) in [6.07, 6.45) is 4.85. The van der Waals surface area contributed by atoms with Gasteiger partial charge in [-0.1, -0.05) is 37.8 Å². The second-order valence-electron chi connectivity index (χ2n) is 6.12. The van der Waals surface area contributed by atoms with Crippen molar-refractivity contribution in [2.24, 2.45) is 5.92 Å². The van der Waals surface area contributed by atoms with Crippen molar-refractivity contribution < 1.29 is 24.4 Å². The molecule has 1 amide bonds. The van der Waals surface area contributed by atoms with E-state index in [-0.39, 0.29) is 11.4 Å². The summed E-state index contributed by atoms with van der Waals surface area (Å²) in [7, 11) is 0. The number of nitro groups is 1. The Morgan fingerprint density at radius 2 is 1.88 bits per heavy atom. The summed E-state index contributed by atoms with van der Waals surface area (Å²) in [6.45, 7) is -0.395. The van der Waals surface area contributed by atoms with E-state index in [0.29, 0.717) is 12.8 Å². The highest BCUT2D eigenvalue weighted by molar-refractivity contribution is 5.79.